The van der Waals surface area contributed by atoms with Crippen molar-refractivity contribution in [2.75, 3.05) is 14.2 Å². The maximum Gasteiger partial charge on any atom is 0.169 e. The molecule has 6 heteroatoms. The van der Waals surface area contributed by atoms with E-state index in [9.17, 15) is 0 Å². The normalized spacial score (nSPS) is 12.4. The maximum absolute atomic E-state index is 6.21. The highest BCUT2D eigenvalue weighted by molar-refractivity contribution is 7.13. The zero-order chi connectivity index (χ0) is 20.0. The molecule has 3 heterocycles. The first-order chi connectivity index (χ1) is 14.2. The summed E-state index contributed by atoms with van der Waals surface area (Å²) in [6, 6.07) is 16.1. The van der Waals surface area contributed by atoms with E-state index in [0.29, 0.717) is 11.5 Å². The molecule has 148 valence electrons. The summed E-state index contributed by atoms with van der Waals surface area (Å²) in [5.74, 6) is 2.92. The van der Waals surface area contributed by atoms with E-state index in [-0.39, 0.29) is 0 Å². The van der Waals surface area contributed by atoms with Gasteiger partial charge in [-0.15, -0.1) is 11.3 Å². The summed E-state index contributed by atoms with van der Waals surface area (Å²) in [4.78, 5) is 1.28. The quantitative estimate of drug-likeness (QED) is 0.434. The first kappa shape index (κ1) is 17.9. The Bertz CT molecular complexity index is 1170. The number of aryl methyl sites for hydroxylation is 1. The Labute approximate surface area is 173 Å². The first-order valence-electron chi connectivity index (χ1n) is 9.52. The van der Waals surface area contributed by atoms with Gasteiger partial charge in [-0.1, -0.05) is 12.1 Å². The lowest BCUT2D eigenvalue weighted by Crippen LogP contribution is -2.29. The number of benzene rings is 2. The Morgan fingerprint density at radius 1 is 0.897 bits per heavy atom. The van der Waals surface area contributed by atoms with E-state index in [1.54, 1.807) is 25.6 Å². The Morgan fingerprint density at radius 2 is 1.76 bits per heavy atom. The molecule has 0 unspecified atom stereocenters. The second-order valence-corrected chi connectivity index (χ2v) is 7.96. The zero-order valence-electron chi connectivity index (χ0n) is 16.6. The van der Waals surface area contributed by atoms with Gasteiger partial charge >= 0.3 is 0 Å². The Morgan fingerprint density at radius 3 is 2.52 bits per heavy atom. The number of methoxy groups -OCH3 is 2. The van der Waals surface area contributed by atoms with E-state index in [4.69, 9.17) is 14.2 Å². The largest absolute Gasteiger partial charge is 0.497 e. The summed E-state index contributed by atoms with van der Waals surface area (Å²) in [6.07, 6.45) is 0.969. The molecule has 1 aliphatic heterocycles. The molecule has 0 saturated carbocycles. The van der Waals surface area contributed by atoms with Crippen molar-refractivity contribution in [3.63, 3.8) is 0 Å². The molecular weight excluding hydrogens is 384 g/mol. The Balaban J connectivity index is 1.61. The average Bonchev–Trinajstić information content (AvgIpc) is 3.26. The van der Waals surface area contributed by atoms with Crippen molar-refractivity contribution >= 4 is 11.3 Å². The van der Waals surface area contributed by atoms with Crippen LogP contribution < -0.4 is 14.2 Å². The highest BCUT2D eigenvalue weighted by Crippen LogP contribution is 2.46. The van der Waals surface area contributed by atoms with Gasteiger partial charge in [-0.05, 0) is 47.7 Å². The number of nitrogens with zero attached hydrogens (tertiary/aromatic N) is 2. The van der Waals surface area contributed by atoms with Gasteiger partial charge < -0.3 is 14.2 Å². The van der Waals surface area contributed by atoms with Crippen molar-refractivity contribution in [3.8, 4) is 44.8 Å². The number of hydrogen-bond acceptors (Lipinski definition) is 4. The summed E-state index contributed by atoms with van der Waals surface area (Å²) in [6.45, 7) is 0.965. The van der Waals surface area contributed by atoms with Crippen LogP contribution in [0.25, 0.3) is 21.8 Å². The average molecular weight is 407 g/mol. The van der Waals surface area contributed by atoms with Gasteiger partial charge in [0.1, 0.15) is 17.2 Å². The van der Waals surface area contributed by atoms with Crippen LogP contribution in [0.2, 0.25) is 0 Å². The fourth-order valence-corrected chi connectivity index (χ4v) is 4.81. The highest BCUT2D eigenvalue weighted by Gasteiger charge is 2.29. The molecule has 0 amide bonds. The topological polar surface area (TPSA) is 37.6 Å². The predicted molar refractivity (Wildman–Crippen MR) is 115 cm³/mol. The van der Waals surface area contributed by atoms with Gasteiger partial charge in [0.2, 0.25) is 0 Å². The third-order valence-electron chi connectivity index (χ3n) is 5.43. The molecule has 4 aromatic rings. The highest BCUT2D eigenvalue weighted by atomic mass is 32.1. The van der Waals surface area contributed by atoms with Crippen LogP contribution in [0, 0.1) is 0 Å². The molecule has 1 aliphatic rings. The van der Waals surface area contributed by atoms with Crippen LogP contribution in [0.1, 0.15) is 5.56 Å². The van der Waals surface area contributed by atoms with Crippen molar-refractivity contribution in [1.82, 2.24) is 9.36 Å². The minimum Gasteiger partial charge on any atom is -0.497 e. The lowest BCUT2D eigenvalue weighted by atomic mass is 9.94. The summed E-state index contributed by atoms with van der Waals surface area (Å²) in [7, 11) is 5.46. The molecular formula is C23H22N2O3S. The molecule has 2 aromatic carbocycles. The lowest BCUT2D eigenvalue weighted by Gasteiger charge is -2.34. The van der Waals surface area contributed by atoms with Crippen molar-refractivity contribution in [3.05, 3.63) is 59.5 Å². The van der Waals surface area contributed by atoms with E-state index >= 15 is 0 Å². The predicted octanol–water partition coefficient (Wildman–Crippen LogP) is 5.59. The number of fused-ring (bicyclic) bond motifs is 3. The van der Waals surface area contributed by atoms with Gasteiger partial charge in [0.25, 0.3) is 0 Å². The molecule has 0 spiro atoms. The van der Waals surface area contributed by atoms with Gasteiger partial charge in [0, 0.05) is 25.2 Å². The van der Waals surface area contributed by atoms with Crippen molar-refractivity contribution in [2.45, 2.75) is 13.0 Å². The molecule has 0 bridgehead atoms. The minimum absolute atomic E-state index is 0.703. The number of aromatic nitrogens is 2. The van der Waals surface area contributed by atoms with Gasteiger partial charge in [-0.3, -0.25) is 9.36 Å². The van der Waals surface area contributed by atoms with Crippen LogP contribution in [0.4, 0.5) is 0 Å². The molecule has 0 atom stereocenters. The van der Waals surface area contributed by atoms with Crippen LogP contribution in [-0.4, -0.2) is 23.6 Å². The summed E-state index contributed by atoms with van der Waals surface area (Å²) >= 11 is 1.76. The molecule has 2 aromatic heterocycles. The van der Waals surface area contributed by atoms with Crippen LogP contribution in [-0.2, 0) is 20.0 Å². The Kier molecular flexibility index (Phi) is 4.36. The van der Waals surface area contributed by atoms with Gasteiger partial charge in [-0.25, -0.2) is 0 Å². The number of thiophene rings is 1. The minimum atomic E-state index is 0.703. The number of hydrogen-bond donors (Lipinski definition) is 0. The number of rotatable bonds is 5. The van der Waals surface area contributed by atoms with E-state index in [1.807, 2.05) is 24.3 Å². The van der Waals surface area contributed by atoms with Gasteiger partial charge in [0.15, 0.2) is 11.5 Å². The Hall–Kier alpha value is -3.12. The smallest absolute Gasteiger partial charge is 0.169 e. The van der Waals surface area contributed by atoms with Crippen molar-refractivity contribution < 1.29 is 14.2 Å². The third-order valence-corrected chi connectivity index (χ3v) is 6.31. The molecule has 0 saturated heterocycles. The molecule has 5 rings (SSSR count). The molecule has 0 aliphatic carbocycles. The summed E-state index contributed by atoms with van der Waals surface area (Å²) in [5.41, 5.74) is 5.01. The zero-order valence-corrected chi connectivity index (χ0v) is 17.5. The summed E-state index contributed by atoms with van der Waals surface area (Å²) in [5, 5.41) is 2.12. The van der Waals surface area contributed by atoms with Crippen molar-refractivity contribution in [1.29, 1.82) is 0 Å². The van der Waals surface area contributed by atoms with E-state index in [2.05, 4.69) is 46.1 Å². The first-order valence-corrected chi connectivity index (χ1v) is 10.4. The third kappa shape index (κ3) is 2.91. The van der Waals surface area contributed by atoms with Gasteiger partial charge in [-0.2, -0.15) is 0 Å². The van der Waals surface area contributed by atoms with Crippen LogP contribution in [0.3, 0.4) is 0 Å². The molecule has 0 N–H and O–H groups in total. The monoisotopic (exact) mass is 406 g/mol. The second-order valence-electron chi connectivity index (χ2n) is 7.01. The van der Waals surface area contributed by atoms with Crippen LogP contribution >= 0.6 is 11.3 Å². The standard InChI is InChI=1S/C23H22N2O3S/c1-24-23(21-8-5-11-29-21)22-18-14-20(28-17-7-4-6-16(13-17)26-2)19(27-3)12-15(18)9-10-25(22)24/h4-8,11-14H,9-10H2,1-3H3. The van der Waals surface area contributed by atoms with Gasteiger partial charge in [0.05, 0.1) is 24.8 Å². The second kappa shape index (κ2) is 7.04. The molecule has 0 fully saturated rings. The maximum atomic E-state index is 6.21. The van der Waals surface area contributed by atoms with E-state index in [1.165, 1.54) is 27.4 Å². The van der Waals surface area contributed by atoms with Crippen LogP contribution in [0.5, 0.6) is 23.0 Å². The van der Waals surface area contributed by atoms with Crippen LogP contribution in [0.15, 0.2) is 53.9 Å². The molecule has 0 radical (unpaired) electrons. The summed E-state index contributed by atoms with van der Waals surface area (Å²) < 4.78 is 21.8. The SMILES string of the molecule is COc1cccc(Oc2cc3c(cc2OC)CCn2c-3c(-c3cccs3)n2C)c1. The number of ether oxygens (including phenoxy) is 3. The molecule has 29 heavy (non-hydrogen) atoms. The van der Waals surface area contributed by atoms with Crippen molar-refractivity contribution in [2.24, 2.45) is 7.05 Å². The van der Waals surface area contributed by atoms with E-state index in [0.717, 1.165) is 24.5 Å². The fraction of sp³-hybridized carbons (Fsp3) is 0.217. The molecule has 5 nitrogen and oxygen atoms in total. The fourth-order valence-electron chi connectivity index (χ4n) is 4.01. The lowest BCUT2D eigenvalue weighted by molar-refractivity contribution is 0.374. The van der Waals surface area contributed by atoms with E-state index < -0.39 is 0 Å².